The van der Waals surface area contributed by atoms with E-state index in [1.807, 2.05) is 0 Å². The molecular formula is C6H15NO8P2. The molecular weight excluding hydrogens is 276 g/mol. The summed E-state index contributed by atoms with van der Waals surface area (Å²) in [6.45, 7) is 0.135. The summed E-state index contributed by atoms with van der Waals surface area (Å²) in [6, 6.07) is 0. The van der Waals surface area contributed by atoms with Gasteiger partial charge in [0.2, 0.25) is 0 Å². The van der Waals surface area contributed by atoms with E-state index in [2.05, 4.69) is 0 Å². The van der Waals surface area contributed by atoms with Crippen LogP contribution in [-0.4, -0.2) is 42.1 Å². The Hall–Kier alpha value is -0.110. The Morgan fingerprint density at radius 1 is 1.12 bits per heavy atom. The fourth-order valence-corrected chi connectivity index (χ4v) is 3.15. The van der Waals surface area contributed by atoms with Gasteiger partial charge in [0, 0.05) is 6.42 Å². The molecule has 0 spiro atoms. The standard InChI is InChI=1S/C6H15NO8P2/c7-3-1-2-5(8)4-6(9,16(10,11)12)17(13,14)15/h9H,1-4,7H2,(H2,10,11,12)(H2,13,14,15). The Morgan fingerprint density at radius 2 is 1.53 bits per heavy atom. The minimum Gasteiger partial charge on any atom is -0.367 e. The van der Waals surface area contributed by atoms with E-state index in [1.54, 1.807) is 0 Å². The third-order valence-corrected chi connectivity index (χ3v) is 5.77. The van der Waals surface area contributed by atoms with Gasteiger partial charge in [0.1, 0.15) is 5.78 Å². The van der Waals surface area contributed by atoms with Gasteiger partial charge < -0.3 is 30.4 Å². The first-order valence-corrected chi connectivity index (χ1v) is 7.73. The Labute approximate surface area is 97.0 Å². The van der Waals surface area contributed by atoms with Crippen molar-refractivity contribution in [2.24, 2.45) is 5.73 Å². The molecule has 9 nitrogen and oxygen atoms in total. The second-order valence-electron chi connectivity index (χ2n) is 3.47. The SMILES string of the molecule is NCCCC(=O)CC(O)(P(=O)(O)O)P(=O)(O)O. The summed E-state index contributed by atoms with van der Waals surface area (Å²) in [5, 5.41) is 5.71. The summed E-state index contributed by atoms with van der Waals surface area (Å²) in [5.74, 6) is -0.885. The van der Waals surface area contributed by atoms with Crippen LogP contribution in [0.15, 0.2) is 0 Å². The Kier molecular flexibility index (Phi) is 5.65. The van der Waals surface area contributed by atoms with Crippen LogP contribution in [0.25, 0.3) is 0 Å². The van der Waals surface area contributed by atoms with Crippen LogP contribution in [0, 0.1) is 0 Å². The third kappa shape index (κ3) is 4.24. The Balaban J connectivity index is 5.07. The molecule has 0 aromatic rings. The van der Waals surface area contributed by atoms with Crippen LogP contribution in [0.5, 0.6) is 0 Å². The quantitative estimate of drug-likeness (QED) is 0.310. The lowest BCUT2D eigenvalue weighted by Gasteiger charge is -2.28. The largest absolute Gasteiger partial charge is 0.369 e. The van der Waals surface area contributed by atoms with E-state index in [4.69, 9.17) is 25.3 Å². The van der Waals surface area contributed by atoms with E-state index < -0.39 is 32.5 Å². The molecule has 0 saturated heterocycles. The zero-order valence-corrected chi connectivity index (χ0v) is 10.5. The van der Waals surface area contributed by atoms with Gasteiger partial charge in [0.05, 0.1) is 6.42 Å². The molecule has 7 N–H and O–H groups in total. The number of carbonyl (C=O) groups excluding carboxylic acids is 1. The second kappa shape index (κ2) is 5.69. The number of hydrogen-bond acceptors (Lipinski definition) is 5. The highest BCUT2D eigenvalue weighted by atomic mass is 31.2. The molecule has 0 saturated carbocycles. The van der Waals surface area contributed by atoms with E-state index in [0.717, 1.165) is 0 Å². The molecule has 0 atom stereocenters. The van der Waals surface area contributed by atoms with Crippen LogP contribution >= 0.6 is 15.2 Å². The van der Waals surface area contributed by atoms with Crippen LogP contribution < -0.4 is 5.73 Å². The van der Waals surface area contributed by atoms with Gasteiger partial charge in [-0.15, -0.1) is 0 Å². The molecule has 17 heavy (non-hydrogen) atoms. The molecule has 11 heteroatoms. The predicted octanol–water partition coefficient (Wildman–Crippen LogP) is -1.31. The summed E-state index contributed by atoms with van der Waals surface area (Å²) in [7, 11) is -11.1. The monoisotopic (exact) mass is 291 g/mol. The predicted molar refractivity (Wildman–Crippen MR) is 57.0 cm³/mol. The van der Waals surface area contributed by atoms with Gasteiger partial charge in [-0.05, 0) is 13.0 Å². The van der Waals surface area contributed by atoms with Crippen molar-refractivity contribution in [1.82, 2.24) is 0 Å². The molecule has 0 aliphatic heterocycles. The fourth-order valence-electron chi connectivity index (χ4n) is 1.03. The van der Waals surface area contributed by atoms with E-state index in [1.165, 1.54) is 0 Å². The molecule has 0 aliphatic rings. The maximum Gasteiger partial charge on any atom is 0.369 e. The fraction of sp³-hybridized carbons (Fsp3) is 0.833. The van der Waals surface area contributed by atoms with Gasteiger partial charge in [-0.3, -0.25) is 13.9 Å². The molecule has 0 heterocycles. The van der Waals surface area contributed by atoms with Crippen molar-refractivity contribution < 1.29 is 38.6 Å². The maximum atomic E-state index is 11.2. The molecule has 0 fully saturated rings. The van der Waals surface area contributed by atoms with Gasteiger partial charge in [0.15, 0.2) is 0 Å². The molecule has 0 aromatic heterocycles. The highest BCUT2D eigenvalue weighted by Gasteiger charge is 2.60. The minimum atomic E-state index is -5.55. The highest BCUT2D eigenvalue weighted by molar-refractivity contribution is 7.72. The van der Waals surface area contributed by atoms with Crippen molar-refractivity contribution in [2.45, 2.75) is 24.3 Å². The van der Waals surface area contributed by atoms with Crippen molar-refractivity contribution in [3.05, 3.63) is 0 Å². The van der Waals surface area contributed by atoms with Gasteiger partial charge in [-0.25, -0.2) is 0 Å². The van der Waals surface area contributed by atoms with Crippen LogP contribution in [-0.2, 0) is 13.9 Å². The topological polar surface area (TPSA) is 178 Å². The molecule has 0 radical (unpaired) electrons. The zero-order valence-electron chi connectivity index (χ0n) is 8.76. The van der Waals surface area contributed by atoms with Gasteiger partial charge in [-0.1, -0.05) is 0 Å². The van der Waals surface area contributed by atoms with Crippen molar-refractivity contribution >= 4 is 21.0 Å². The molecule has 0 bridgehead atoms. The molecule has 0 amide bonds. The number of ketones is 1. The number of hydrogen-bond donors (Lipinski definition) is 6. The lowest BCUT2D eigenvalue weighted by Crippen LogP contribution is -2.31. The Bertz CT molecular complexity index is 348. The zero-order chi connectivity index (χ0) is 13.9. The summed E-state index contributed by atoms with van der Waals surface area (Å²) in [5.41, 5.74) is 5.09. The number of Topliss-reactive ketones (excluding diaryl/α,β-unsaturated/α-hetero) is 1. The molecule has 0 aromatic carbocycles. The van der Waals surface area contributed by atoms with Crippen LogP contribution in [0.2, 0.25) is 0 Å². The van der Waals surface area contributed by atoms with Crippen molar-refractivity contribution in [1.29, 1.82) is 0 Å². The van der Waals surface area contributed by atoms with E-state index >= 15 is 0 Å². The van der Waals surface area contributed by atoms with E-state index in [0.29, 0.717) is 0 Å². The van der Waals surface area contributed by atoms with E-state index in [9.17, 15) is 19.0 Å². The number of rotatable bonds is 7. The summed E-state index contributed by atoms with van der Waals surface area (Å²) in [6.07, 6.45) is -1.35. The first-order chi connectivity index (χ1) is 7.45. The third-order valence-electron chi connectivity index (χ3n) is 2.03. The number of aliphatic hydroxyl groups is 1. The Morgan fingerprint density at radius 3 is 1.82 bits per heavy atom. The average molecular weight is 291 g/mol. The van der Waals surface area contributed by atoms with Crippen molar-refractivity contribution in [2.75, 3.05) is 6.54 Å². The van der Waals surface area contributed by atoms with E-state index in [-0.39, 0.29) is 19.4 Å². The summed E-state index contributed by atoms with van der Waals surface area (Å²) >= 11 is 0. The molecule has 0 unspecified atom stereocenters. The van der Waals surface area contributed by atoms with Crippen LogP contribution in [0.4, 0.5) is 0 Å². The lowest BCUT2D eigenvalue weighted by atomic mass is 10.2. The second-order valence-corrected chi connectivity index (χ2v) is 7.48. The molecule has 102 valence electrons. The van der Waals surface area contributed by atoms with Gasteiger partial charge >= 0.3 is 15.2 Å². The maximum absolute atomic E-state index is 11.2. The van der Waals surface area contributed by atoms with Crippen LogP contribution in [0.1, 0.15) is 19.3 Å². The van der Waals surface area contributed by atoms with Crippen molar-refractivity contribution in [3.63, 3.8) is 0 Å². The summed E-state index contributed by atoms with van der Waals surface area (Å²) < 4.78 is 21.8. The highest BCUT2D eigenvalue weighted by Crippen LogP contribution is 2.69. The van der Waals surface area contributed by atoms with Gasteiger partial charge in [0.25, 0.3) is 5.08 Å². The average Bonchev–Trinajstić information content (AvgIpc) is 2.10. The minimum absolute atomic E-state index is 0.135. The number of nitrogens with two attached hydrogens (primary N) is 1. The summed E-state index contributed by atoms with van der Waals surface area (Å²) in [4.78, 5) is 46.2. The molecule has 0 rings (SSSR count). The first-order valence-electron chi connectivity index (χ1n) is 4.51. The normalized spacial score (nSPS) is 13.8. The van der Waals surface area contributed by atoms with Gasteiger partial charge in [-0.2, -0.15) is 0 Å². The van der Waals surface area contributed by atoms with Crippen molar-refractivity contribution in [3.8, 4) is 0 Å². The first kappa shape index (κ1) is 16.9. The van der Waals surface area contributed by atoms with Crippen LogP contribution in [0.3, 0.4) is 0 Å². The number of carbonyl (C=O) groups is 1. The lowest BCUT2D eigenvalue weighted by molar-refractivity contribution is -0.121. The molecule has 0 aliphatic carbocycles. The smallest absolute Gasteiger partial charge is 0.367 e.